The summed E-state index contributed by atoms with van der Waals surface area (Å²) in [6.45, 7) is 1.44. The number of hydrogen-bond acceptors (Lipinski definition) is 3. The summed E-state index contributed by atoms with van der Waals surface area (Å²) in [6, 6.07) is 10.9. The SMILES string of the molecule is CC(=O)c1ccccc1-c1cc(O)cc(C(=O)O)c1. The number of aromatic hydroxyl groups is 1. The van der Waals surface area contributed by atoms with Gasteiger partial charge in [0.15, 0.2) is 5.78 Å². The van der Waals surface area contributed by atoms with E-state index >= 15 is 0 Å². The van der Waals surface area contributed by atoms with Gasteiger partial charge in [-0.3, -0.25) is 4.79 Å². The lowest BCUT2D eigenvalue weighted by Crippen LogP contribution is -1.99. The van der Waals surface area contributed by atoms with Gasteiger partial charge >= 0.3 is 5.97 Å². The number of hydrogen-bond donors (Lipinski definition) is 2. The maximum absolute atomic E-state index is 11.6. The predicted octanol–water partition coefficient (Wildman–Crippen LogP) is 2.96. The van der Waals surface area contributed by atoms with Crippen molar-refractivity contribution in [3.63, 3.8) is 0 Å². The number of carbonyl (C=O) groups is 2. The van der Waals surface area contributed by atoms with Crippen LogP contribution in [0.3, 0.4) is 0 Å². The van der Waals surface area contributed by atoms with Crippen LogP contribution in [0.1, 0.15) is 27.6 Å². The molecule has 0 unspecified atom stereocenters. The van der Waals surface area contributed by atoms with E-state index in [1.54, 1.807) is 24.3 Å². The van der Waals surface area contributed by atoms with Gasteiger partial charge in [0.25, 0.3) is 0 Å². The fourth-order valence-corrected chi connectivity index (χ4v) is 1.93. The van der Waals surface area contributed by atoms with Crippen LogP contribution in [0.2, 0.25) is 0 Å². The van der Waals surface area contributed by atoms with Crippen molar-refractivity contribution < 1.29 is 19.8 Å². The van der Waals surface area contributed by atoms with Gasteiger partial charge in [0.2, 0.25) is 0 Å². The lowest BCUT2D eigenvalue weighted by molar-refractivity contribution is 0.0696. The summed E-state index contributed by atoms with van der Waals surface area (Å²) in [6.07, 6.45) is 0. The number of phenols is 1. The Balaban J connectivity index is 2.65. The third-order valence-electron chi connectivity index (χ3n) is 2.78. The van der Waals surface area contributed by atoms with Crippen molar-refractivity contribution >= 4 is 11.8 Å². The molecule has 0 radical (unpaired) electrons. The molecule has 0 aliphatic heterocycles. The van der Waals surface area contributed by atoms with Crippen LogP contribution in [-0.2, 0) is 0 Å². The van der Waals surface area contributed by atoms with Crippen LogP contribution in [0.25, 0.3) is 11.1 Å². The van der Waals surface area contributed by atoms with Gasteiger partial charge in [-0.1, -0.05) is 24.3 Å². The Kier molecular flexibility index (Phi) is 3.33. The highest BCUT2D eigenvalue weighted by Gasteiger charge is 2.12. The zero-order valence-electron chi connectivity index (χ0n) is 10.3. The number of rotatable bonds is 3. The number of carboxylic acid groups (broad SMARTS) is 1. The maximum Gasteiger partial charge on any atom is 0.335 e. The highest BCUT2D eigenvalue weighted by atomic mass is 16.4. The minimum atomic E-state index is -1.13. The van der Waals surface area contributed by atoms with Crippen molar-refractivity contribution in [2.75, 3.05) is 0 Å². The molecule has 0 saturated heterocycles. The highest BCUT2D eigenvalue weighted by Crippen LogP contribution is 2.28. The molecular formula is C15H12O4. The molecule has 4 heteroatoms. The van der Waals surface area contributed by atoms with Crippen molar-refractivity contribution in [3.05, 3.63) is 53.6 Å². The van der Waals surface area contributed by atoms with E-state index in [0.717, 1.165) is 0 Å². The van der Waals surface area contributed by atoms with Crippen LogP contribution < -0.4 is 0 Å². The Hall–Kier alpha value is -2.62. The lowest BCUT2D eigenvalue weighted by Gasteiger charge is -2.08. The number of benzene rings is 2. The number of ketones is 1. The van der Waals surface area contributed by atoms with Crippen LogP contribution >= 0.6 is 0 Å². The van der Waals surface area contributed by atoms with Crippen LogP contribution in [0.4, 0.5) is 0 Å². The van der Waals surface area contributed by atoms with E-state index in [2.05, 4.69) is 0 Å². The minimum Gasteiger partial charge on any atom is -0.508 e. The standard InChI is InChI=1S/C15H12O4/c1-9(16)13-4-2-3-5-14(13)10-6-11(15(18)19)8-12(17)7-10/h2-8,17H,1H3,(H,18,19). The first-order valence-corrected chi connectivity index (χ1v) is 5.66. The Morgan fingerprint density at radius 1 is 1.05 bits per heavy atom. The van der Waals surface area contributed by atoms with Crippen molar-refractivity contribution in [2.45, 2.75) is 6.92 Å². The molecule has 0 heterocycles. The van der Waals surface area contributed by atoms with E-state index in [-0.39, 0.29) is 17.1 Å². The first kappa shape index (κ1) is 12.8. The van der Waals surface area contributed by atoms with Gasteiger partial charge in [0.05, 0.1) is 5.56 Å². The smallest absolute Gasteiger partial charge is 0.335 e. The molecule has 19 heavy (non-hydrogen) atoms. The Labute approximate surface area is 109 Å². The number of phenolic OH excluding ortho intramolecular Hbond substituents is 1. The van der Waals surface area contributed by atoms with Crippen LogP contribution in [0.5, 0.6) is 5.75 Å². The molecule has 0 fully saturated rings. The average Bonchev–Trinajstić information content (AvgIpc) is 2.37. The Morgan fingerprint density at radius 2 is 1.74 bits per heavy atom. The molecule has 2 rings (SSSR count). The summed E-state index contributed by atoms with van der Waals surface area (Å²) in [5, 5.41) is 18.6. The monoisotopic (exact) mass is 256 g/mol. The molecule has 0 atom stereocenters. The summed E-state index contributed by atoms with van der Waals surface area (Å²) in [5.41, 5.74) is 1.58. The van der Waals surface area contributed by atoms with Gasteiger partial charge in [0.1, 0.15) is 5.75 Å². The van der Waals surface area contributed by atoms with E-state index in [0.29, 0.717) is 16.7 Å². The lowest BCUT2D eigenvalue weighted by atomic mass is 9.96. The largest absolute Gasteiger partial charge is 0.508 e. The molecule has 0 aliphatic rings. The summed E-state index contributed by atoms with van der Waals surface area (Å²) >= 11 is 0. The molecule has 96 valence electrons. The quantitative estimate of drug-likeness (QED) is 0.828. The highest BCUT2D eigenvalue weighted by molar-refractivity contribution is 6.01. The van der Waals surface area contributed by atoms with Crippen molar-refractivity contribution in [2.24, 2.45) is 0 Å². The number of Topliss-reactive ketones (excluding diaryl/α,β-unsaturated/α-hetero) is 1. The van der Waals surface area contributed by atoms with Crippen molar-refractivity contribution in [3.8, 4) is 16.9 Å². The second-order valence-corrected chi connectivity index (χ2v) is 4.18. The van der Waals surface area contributed by atoms with Crippen molar-refractivity contribution in [1.29, 1.82) is 0 Å². The Bertz CT molecular complexity index is 659. The average molecular weight is 256 g/mol. The topological polar surface area (TPSA) is 74.6 Å². The van der Waals surface area contributed by atoms with Gasteiger partial charge in [-0.15, -0.1) is 0 Å². The fraction of sp³-hybridized carbons (Fsp3) is 0.0667. The van der Waals surface area contributed by atoms with Gasteiger partial charge < -0.3 is 10.2 Å². The van der Waals surface area contributed by atoms with E-state index < -0.39 is 5.97 Å². The number of carbonyl (C=O) groups excluding carboxylic acids is 1. The molecule has 0 spiro atoms. The molecule has 0 amide bonds. The van der Waals surface area contributed by atoms with Gasteiger partial charge in [-0.2, -0.15) is 0 Å². The molecule has 0 aromatic heterocycles. The third-order valence-corrected chi connectivity index (χ3v) is 2.78. The normalized spacial score (nSPS) is 10.2. The van der Waals surface area contributed by atoms with Gasteiger partial charge in [-0.25, -0.2) is 4.79 Å². The van der Waals surface area contributed by atoms with Crippen molar-refractivity contribution in [1.82, 2.24) is 0 Å². The molecular weight excluding hydrogens is 244 g/mol. The first-order valence-electron chi connectivity index (χ1n) is 5.66. The van der Waals surface area contributed by atoms with Crippen LogP contribution in [-0.4, -0.2) is 22.0 Å². The number of aromatic carboxylic acids is 1. The van der Waals surface area contributed by atoms with Crippen LogP contribution in [0, 0.1) is 0 Å². The first-order chi connectivity index (χ1) is 8.99. The summed E-state index contributed by atoms with van der Waals surface area (Å²) in [4.78, 5) is 22.5. The molecule has 0 bridgehead atoms. The van der Waals surface area contributed by atoms with E-state index in [4.69, 9.17) is 5.11 Å². The predicted molar refractivity (Wildman–Crippen MR) is 70.5 cm³/mol. The fourth-order valence-electron chi connectivity index (χ4n) is 1.93. The second kappa shape index (κ2) is 4.94. The molecule has 0 saturated carbocycles. The molecule has 2 N–H and O–H groups in total. The van der Waals surface area contributed by atoms with Crippen LogP contribution in [0.15, 0.2) is 42.5 Å². The third kappa shape index (κ3) is 2.63. The summed E-state index contributed by atoms with van der Waals surface area (Å²) in [5.74, 6) is -1.39. The molecule has 2 aromatic rings. The van der Waals surface area contributed by atoms with E-state index in [9.17, 15) is 14.7 Å². The second-order valence-electron chi connectivity index (χ2n) is 4.18. The zero-order valence-corrected chi connectivity index (χ0v) is 10.3. The minimum absolute atomic E-state index is 0.0200. The molecule has 4 nitrogen and oxygen atoms in total. The van der Waals surface area contributed by atoms with Gasteiger partial charge in [-0.05, 0) is 36.2 Å². The van der Waals surface area contributed by atoms with E-state index in [1.807, 2.05) is 0 Å². The molecule has 2 aromatic carbocycles. The van der Waals surface area contributed by atoms with E-state index in [1.165, 1.54) is 25.1 Å². The summed E-state index contributed by atoms with van der Waals surface area (Å²) in [7, 11) is 0. The maximum atomic E-state index is 11.6. The Morgan fingerprint density at radius 3 is 2.37 bits per heavy atom. The number of carboxylic acids is 1. The molecule has 0 aliphatic carbocycles. The zero-order chi connectivity index (χ0) is 14.0. The van der Waals surface area contributed by atoms with Gasteiger partial charge in [0, 0.05) is 5.56 Å². The summed E-state index contributed by atoms with van der Waals surface area (Å²) < 4.78 is 0.